The molecular weight excluding hydrogens is 206 g/mol. The zero-order valence-electron chi connectivity index (χ0n) is 10.2. The van der Waals surface area contributed by atoms with Crippen LogP contribution in [0.15, 0.2) is 6.20 Å². The van der Waals surface area contributed by atoms with E-state index in [1.54, 1.807) is 11.8 Å². The Bertz CT molecular complexity index is 288. The predicted molar refractivity (Wildman–Crippen MR) is 62.1 cm³/mol. The summed E-state index contributed by atoms with van der Waals surface area (Å²) >= 11 is 0. The van der Waals surface area contributed by atoms with Gasteiger partial charge in [0.25, 0.3) is 0 Å². The van der Waals surface area contributed by atoms with E-state index in [-0.39, 0.29) is 0 Å². The van der Waals surface area contributed by atoms with Gasteiger partial charge in [-0.1, -0.05) is 5.21 Å². The average molecular weight is 227 g/mol. The summed E-state index contributed by atoms with van der Waals surface area (Å²) in [7, 11) is 3.57. The molecule has 2 N–H and O–H groups in total. The van der Waals surface area contributed by atoms with Gasteiger partial charge in [0, 0.05) is 46.0 Å². The normalized spacial score (nSPS) is 12.9. The molecule has 0 spiro atoms. The Hall–Kier alpha value is -0.980. The first kappa shape index (κ1) is 13.1. The Morgan fingerprint density at radius 2 is 2.38 bits per heavy atom. The summed E-state index contributed by atoms with van der Waals surface area (Å²) in [5.74, 6) is 0. The molecule has 0 bridgehead atoms. The fraction of sp³-hybridized carbons (Fsp3) is 0.800. The molecule has 0 aliphatic carbocycles. The molecule has 6 nitrogen and oxygen atoms in total. The highest BCUT2D eigenvalue weighted by Crippen LogP contribution is 1.91. The smallest absolute Gasteiger partial charge is 0.0964 e. The van der Waals surface area contributed by atoms with Crippen LogP contribution in [-0.4, -0.2) is 47.8 Å². The molecule has 1 aromatic rings. The molecule has 0 aliphatic rings. The van der Waals surface area contributed by atoms with E-state index < -0.39 is 0 Å². The van der Waals surface area contributed by atoms with Gasteiger partial charge in [0.2, 0.25) is 0 Å². The Balaban J connectivity index is 2.08. The summed E-state index contributed by atoms with van der Waals surface area (Å²) in [6.07, 6.45) is 1.91. The third-order valence-electron chi connectivity index (χ3n) is 2.22. The zero-order chi connectivity index (χ0) is 11.8. The zero-order valence-corrected chi connectivity index (χ0v) is 10.2. The maximum absolute atomic E-state index is 4.95. The van der Waals surface area contributed by atoms with Gasteiger partial charge in [-0.05, 0) is 6.92 Å². The molecule has 6 heteroatoms. The van der Waals surface area contributed by atoms with Crippen molar-refractivity contribution in [3.63, 3.8) is 0 Å². The van der Waals surface area contributed by atoms with E-state index in [2.05, 4.69) is 27.9 Å². The highest BCUT2D eigenvalue weighted by molar-refractivity contribution is 4.91. The summed E-state index contributed by atoms with van der Waals surface area (Å²) < 4.78 is 6.66. The maximum Gasteiger partial charge on any atom is 0.0964 e. The quantitative estimate of drug-likeness (QED) is 0.588. The SMILES string of the molecule is COCCNCC(C)NCc1cn(C)nn1. The van der Waals surface area contributed by atoms with Crippen LogP contribution in [0, 0.1) is 0 Å². The van der Waals surface area contributed by atoms with Crippen molar-refractivity contribution in [2.45, 2.75) is 19.5 Å². The Kier molecular flexibility index (Phi) is 5.99. The van der Waals surface area contributed by atoms with Crippen molar-refractivity contribution in [3.05, 3.63) is 11.9 Å². The van der Waals surface area contributed by atoms with Gasteiger partial charge in [-0.2, -0.15) is 0 Å². The highest BCUT2D eigenvalue weighted by atomic mass is 16.5. The average Bonchev–Trinajstić information content (AvgIpc) is 2.68. The van der Waals surface area contributed by atoms with Crippen molar-refractivity contribution in [1.82, 2.24) is 25.6 Å². The number of methoxy groups -OCH3 is 1. The Labute approximate surface area is 96.4 Å². The molecule has 16 heavy (non-hydrogen) atoms. The molecular formula is C10H21N5O. The van der Waals surface area contributed by atoms with Crippen LogP contribution in [0.25, 0.3) is 0 Å². The molecule has 1 aromatic heterocycles. The van der Waals surface area contributed by atoms with Gasteiger partial charge in [-0.3, -0.25) is 4.68 Å². The fourth-order valence-electron chi connectivity index (χ4n) is 1.32. The Morgan fingerprint density at radius 3 is 3.00 bits per heavy atom. The monoisotopic (exact) mass is 227 g/mol. The number of aromatic nitrogens is 3. The van der Waals surface area contributed by atoms with E-state index in [4.69, 9.17) is 4.74 Å². The van der Waals surface area contributed by atoms with E-state index in [1.165, 1.54) is 0 Å². The second-order valence-corrected chi connectivity index (χ2v) is 3.86. The number of nitrogens with zero attached hydrogens (tertiary/aromatic N) is 3. The van der Waals surface area contributed by atoms with E-state index in [0.717, 1.165) is 31.9 Å². The minimum absolute atomic E-state index is 0.402. The molecule has 1 unspecified atom stereocenters. The Morgan fingerprint density at radius 1 is 1.56 bits per heavy atom. The number of hydrogen-bond donors (Lipinski definition) is 2. The van der Waals surface area contributed by atoms with Crippen LogP contribution in [0.4, 0.5) is 0 Å². The summed E-state index contributed by atoms with van der Waals surface area (Å²) in [6, 6.07) is 0.402. The molecule has 0 aliphatic heterocycles. The first-order valence-electron chi connectivity index (χ1n) is 5.50. The largest absolute Gasteiger partial charge is 0.383 e. The molecule has 0 saturated heterocycles. The van der Waals surface area contributed by atoms with Gasteiger partial charge in [-0.15, -0.1) is 5.10 Å². The highest BCUT2D eigenvalue weighted by Gasteiger charge is 2.02. The van der Waals surface area contributed by atoms with Crippen molar-refractivity contribution >= 4 is 0 Å². The molecule has 0 aromatic carbocycles. The lowest BCUT2D eigenvalue weighted by atomic mass is 10.3. The van der Waals surface area contributed by atoms with E-state index in [1.807, 2.05) is 13.2 Å². The van der Waals surface area contributed by atoms with Crippen LogP contribution < -0.4 is 10.6 Å². The number of ether oxygens (including phenoxy) is 1. The minimum Gasteiger partial charge on any atom is -0.383 e. The molecule has 92 valence electrons. The van der Waals surface area contributed by atoms with Crippen LogP contribution in [0.1, 0.15) is 12.6 Å². The van der Waals surface area contributed by atoms with Gasteiger partial charge >= 0.3 is 0 Å². The van der Waals surface area contributed by atoms with Gasteiger partial charge in [0.05, 0.1) is 12.3 Å². The second kappa shape index (κ2) is 7.32. The molecule has 0 fully saturated rings. The summed E-state index contributed by atoms with van der Waals surface area (Å²) in [4.78, 5) is 0. The standard InChI is InChI=1S/C10H21N5O/c1-9(6-11-4-5-16-3)12-7-10-8-15(2)14-13-10/h8-9,11-12H,4-7H2,1-3H3. The van der Waals surface area contributed by atoms with Crippen molar-refractivity contribution in [1.29, 1.82) is 0 Å². The minimum atomic E-state index is 0.402. The first-order chi connectivity index (χ1) is 7.72. The van der Waals surface area contributed by atoms with Crippen LogP contribution in [-0.2, 0) is 18.3 Å². The molecule has 1 heterocycles. The van der Waals surface area contributed by atoms with Gasteiger partial charge in [0.15, 0.2) is 0 Å². The number of nitrogens with one attached hydrogen (secondary N) is 2. The van der Waals surface area contributed by atoms with Crippen LogP contribution in [0.5, 0.6) is 0 Å². The van der Waals surface area contributed by atoms with E-state index >= 15 is 0 Å². The van der Waals surface area contributed by atoms with Crippen molar-refractivity contribution in [2.75, 3.05) is 26.8 Å². The summed E-state index contributed by atoms with van der Waals surface area (Å²) in [5.41, 5.74) is 0.964. The molecule has 1 rings (SSSR count). The van der Waals surface area contributed by atoms with Gasteiger partial charge < -0.3 is 15.4 Å². The van der Waals surface area contributed by atoms with E-state index in [0.29, 0.717) is 6.04 Å². The van der Waals surface area contributed by atoms with Gasteiger partial charge in [0.1, 0.15) is 0 Å². The van der Waals surface area contributed by atoms with E-state index in [9.17, 15) is 0 Å². The van der Waals surface area contributed by atoms with Crippen LogP contribution in [0.2, 0.25) is 0 Å². The molecule has 0 amide bonds. The third-order valence-corrected chi connectivity index (χ3v) is 2.22. The molecule has 1 atom stereocenters. The fourth-order valence-corrected chi connectivity index (χ4v) is 1.32. The molecule has 0 radical (unpaired) electrons. The lowest BCUT2D eigenvalue weighted by molar-refractivity contribution is 0.198. The van der Waals surface area contributed by atoms with Crippen LogP contribution >= 0.6 is 0 Å². The summed E-state index contributed by atoms with van der Waals surface area (Å²) in [6.45, 7) is 5.44. The lowest BCUT2D eigenvalue weighted by Gasteiger charge is -2.13. The van der Waals surface area contributed by atoms with Crippen molar-refractivity contribution < 1.29 is 4.74 Å². The van der Waals surface area contributed by atoms with Gasteiger partial charge in [-0.25, -0.2) is 0 Å². The predicted octanol–water partition coefficient (Wildman–Crippen LogP) is -0.471. The third kappa shape index (κ3) is 5.20. The maximum atomic E-state index is 4.95. The number of rotatable bonds is 8. The first-order valence-corrected chi connectivity index (χ1v) is 5.50. The summed E-state index contributed by atoms with van der Waals surface area (Å²) in [5, 5.41) is 14.6. The van der Waals surface area contributed by atoms with Crippen molar-refractivity contribution in [2.24, 2.45) is 7.05 Å². The lowest BCUT2D eigenvalue weighted by Crippen LogP contribution is -2.37. The number of hydrogen-bond acceptors (Lipinski definition) is 5. The molecule has 0 saturated carbocycles. The second-order valence-electron chi connectivity index (χ2n) is 3.86. The van der Waals surface area contributed by atoms with Crippen molar-refractivity contribution in [3.8, 4) is 0 Å². The topological polar surface area (TPSA) is 64.0 Å². The van der Waals surface area contributed by atoms with Crippen LogP contribution in [0.3, 0.4) is 0 Å². The number of aryl methyl sites for hydroxylation is 1.